The van der Waals surface area contributed by atoms with E-state index in [-0.39, 0.29) is 0 Å². The van der Waals surface area contributed by atoms with Gasteiger partial charge in [0.2, 0.25) is 0 Å². The first-order valence-corrected chi connectivity index (χ1v) is 7.62. The van der Waals surface area contributed by atoms with Crippen LogP contribution in [0.15, 0.2) is 18.6 Å². The fourth-order valence-electron chi connectivity index (χ4n) is 2.65. The van der Waals surface area contributed by atoms with Gasteiger partial charge in [-0.25, -0.2) is 9.97 Å². The minimum Gasteiger partial charge on any atom is -0.394 e. The zero-order valence-corrected chi connectivity index (χ0v) is 13.2. The lowest BCUT2D eigenvalue weighted by molar-refractivity contribution is -0.174. The molecule has 126 valence electrons. The second kappa shape index (κ2) is 6.04. The quantitative estimate of drug-likeness (QED) is 0.569. The summed E-state index contributed by atoms with van der Waals surface area (Å²) >= 11 is 0. The van der Waals surface area contributed by atoms with E-state index in [9.17, 15) is 15.3 Å². The summed E-state index contributed by atoms with van der Waals surface area (Å²) in [5, 5.41) is 34.6. The molecule has 0 aliphatic heterocycles. The summed E-state index contributed by atoms with van der Waals surface area (Å²) in [4.78, 5) is 8.48. The van der Waals surface area contributed by atoms with Crippen molar-refractivity contribution in [3.05, 3.63) is 18.6 Å². The topological polar surface area (TPSA) is 113 Å². The summed E-state index contributed by atoms with van der Waals surface area (Å²) in [6.07, 6.45) is 3.07. The van der Waals surface area contributed by atoms with Gasteiger partial charge in [0, 0.05) is 19.3 Å². The van der Waals surface area contributed by atoms with Crippen molar-refractivity contribution in [1.82, 2.24) is 14.5 Å². The van der Waals surface area contributed by atoms with Crippen LogP contribution < -0.4 is 5.32 Å². The number of aromatic nitrogens is 3. The van der Waals surface area contributed by atoms with Crippen LogP contribution in [-0.4, -0.2) is 61.8 Å². The van der Waals surface area contributed by atoms with Gasteiger partial charge in [-0.15, -0.1) is 0 Å². The highest BCUT2D eigenvalue weighted by molar-refractivity contribution is 5.87. The molecule has 8 nitrogen and oxygen atoms in total. The average molecular weight is 322 g/mol. The van der Waals surface area contributed by atoms with Gasteiger partial charge in [0.15, 0.2) is 5.72 Å². The Morgan fingerprint density at radius 1 is 1.48 bits per heavy atom. The molecule has 0 spiro atoms. The third-order valence-electron chi connectivity index (χ3n) is 4.28. The average Bonchev–Trinajstić information content (AvgIpc) is 3.23. The maximum absolute atomic E-state index is 10.8. The van der Waals surface area contributed by atoms with E-state index in [1.165, 1.54) is 24.9 Å². The first-order chi connectivity index (χ1) is 11.0. The van der Waals surface area contributed by atoms with E-state index in [0.29, 0.717) is 17.5 Å². The highest BCUT2D eigenvalue weighted by Gasteiger charge is 2.39. The Morgan fingerprint density at radius 2 is 2.22 bits per heavy atom. The zero-order chi connectivity index (χ0) is 16.6. The molecule has 3 atom stereocenters. The van der Waals surface area contributed by atoms with Gasteiger partial charge in [0.1, 0.15) is 30.0 Å². The Labute approximate surface area is 133 Å². The van der Waals surface area contributed by atoms with E-state index in [0.717, 1.165) is 18.2 Å². The SMILES string of the molecule is CO[C@H](CO)[C@@H](O)[C@@](C)(O)n1ccc2c(NC3CC3)ncnc21. The summed E-state index contributed by atoms with van der Waals surface area (Å²) in [6, 6.07) is 2.23. The van der Waals surface area contributed by atoms with Gasteiger partial charge in [0.05, 0.1) is 12.0 Å². The van der Waals surface area contributed by atoms with E-state index in [1.807, 2.05) is 0 Å². The number of hydrogen-bond acceptors (Lipinski definition) is 7. The second-order valence-corrected chi connectivity index (χ2v) is 6.06. The number of aliphatic hydroxyl groups is 3. The summed E-state index contributed by atoms with van der Waals surface area (Å²) in [6.45, 7) is 1.05. The minimum atomic E-state index is -1.70. The van der Waals surface area contributed by atoms with Crippen LogP contribution in [0.4, 0.5) is 5.82 Å². The number of hydrogen-bond donors (Lipinski definition) is 4. The Bertz CT molecular complexity index is 679. The normalized spacial score (nSPS) is 20.2. The number of rotatable bonds is 7. The molecule has 1 aliphatic rings. The molecule has 0 amide bonds. The molecule has 0 saturated heterocycles. The monoisotopic (exact) mass is 322 g/mol. The molecular weight excluding hydrogens is 300 g/mol. The van der Waals surface area contributed by atoms with Crippen LogP contribution in [-0.2, 0) is 10.5 Å². The van der Waals surface area contributed by atoms with Crippen molar-refractivity contribution in [3.63, 3.8) is 0 Å². The molecule has 0 radical (unpaired) electrons. The summed E-state index contributed by atoms with van der Waals surface area (Å²) < 4.78 is 6.49. The number of aliphatic hydroxyl groups excluding tert-OH is 2. The number of nitrogens with one attached hydrogen (secondary N) is 1. The maximum atomic E-state index is 10.8. The lowest BCUT2D eigenvalue weighted by Crippen LogP contribution is -2.50. The fourth-order valence-corrected chi connectivity index (χ4v) is 2.65. The van der Waals surface area contributed by atoms with Crippen LogP contribution in [0.3, 0.4) is 0 Å². The smallest absolute Gasteiger partial charge is 0.168 e. The van der Waals surface area contributed by atoms with Crippen LogP contribution in [0.25, 0.3) is 11.0 Å². The van der Waals surface area contributed by atoms with Crippen LogP contribution in [0, 0.1) is 0 Å². The van der Waals surface area contributed by atoms with Crippen molar-refractivity contribution in [2.45, 2.75) is 43.7 Å². The summed E-state index contributed by atoms with van der Waals surface area (Å²) in [5.74, 6) is 0.715. The van der Waals surface area contributed by atoms with Gasteiger partial charge < -0.3 is 29.9 Å². The second-order valence-electron chi connectivity index (χ2n) is 6.06. The van der Waals surface area contributed by atoms with Crippen molar-refractivity contribution >= 4 is 16.9 Å². The molecule has 0 bridgehead atoms. The Kier molecular flexibility index (Phi) is 4.24. The number of methoxy groups -OCH3 is 1. The first kappa shape index (κ1) is 16.1. The molecule has 1 fully saturated rings. The van der Waals surface area contributed by atoms with Crippen LogP contribution >= 0.6 is 0 Å². The molecular formula is C15H22N4O4. The van der Waals surface area contributed by atoms with Crippen molar-refractivity contribution in [2.24, 2.45) is 0 Å². The largest absolute Gasteiger partial charge is 0.394 e. The first-order valence-electron chi connectivity index (χ1n) is 7.62. The number of nitrogens with zero attached hydrogens (tertiary/aromatic N) is 3. The molecule has 8 heteroatoms. The summed E-state index contributed by atoms with van der Waals surface area (Å²) in [7, 11) is 1.37. The predicted octanol–water partition coefficient (Wildman–Crippen LogP) is 0.0388. The van der Waals surface area contributed by atoms with Crippen molar-refractivity contribution in [3.8, 4) is 0 Å². The zero-order valence-electron chi connectivity index (χ0n) is 13.2. The van der Waals surface area contributed by atoms with Crippen LogP contribution in [0.5, 0.6) is 0 Å². The minimum absolute atomic E-state index is 0.406. The summed E-state index contributed by atoms with van der Waals surface area (Å²) in [5.41, 5.74) is -1.20. The highest BCUT2D eigenvalue weighted by Crippen LogP contribution is 2.31. The molecule has 4 N–H and O–H groups in total. The standard InChI is InChI=1S/C15H22N4O4/c1-15(22,12(21)11(7-20)23-2)19-6-5-10-13(18-9-3-4-9)16-8-17-14(10)19/h5-6,8-9,11-12,20-22H,3-4,7H2,1-2H3,(H,16,17,18)/t11-,12-,15-/m1/s1. The molecule has 1 aliphatic carbocycles. The third-order valence-corrected chi connectivity index (χ3v) is 4.28. The molecule has 0 unspecified atom stereocenters. The van der Waals surface area contributed by atoms with Crippen LogP contribution in [0.2, 0.25) is 0 Å². The Balaban J connectivity index is 1.98. The van der Waals surface area contributed by atoms with Crippen molar-refractivity contribution in [1.29, 1.82) is 0 Å². The van der Waals surface area contributed by atoms with E-state index in [1.54, 1.807) is 12.3 Å². The molecule has 2 aromatic heterocycles. The molecule has 3 rings (SSSR count). The van der Waals surface area contributed by atoms with Gasteiger partial charge >= 0.3 is 0 Å². The number of fused-ring (bicyclic) bond motifs is 1. The Morgan fingerprint density at radius 3 is 2.83 bits per heavy atom. The van der Waals surface area contributed by atoms with Gasteiger partial charge in [-0.3, -0.25) is 0 Å². The molecule has 2 aromatic rings. The van der Waals surface area contributed by atoms with E-state index in [4.69, 9.17) is 4.74 Å². The van der Waals surface area contributed by atoms with Gasteiger partial charge in [-0.05, 0) is 25.8 Å². The van der Waals surface area contributed by atoms with E-state index < -0.39 is 24.5 Å². The fraction of sp³-hybridized carbons (Fsp3) is 0.600. The highest BCUT2D eigenvalue weighted by atomic mass is 16.5. The molecule has 1 saturated carbocycles. The third kappa shape index (κ3) is 2.90. The Hall–Kier alpha value is -1.74. The van der Waals surface area contributed by atoms with Crippen molar-refractivity contribution < 1.29 is 20.1 Å². The van der Waals surface area contributed by atoms with E-state index in [2.05, 4.69) is 15.3 Å². The van der Waals surface area contributed by atoms with Crippen LogP contribution in [0.1, 0.15) is 19.8 Å². The van der Waals surface area contributed by atoms with Gasteiger partial charge in [-0.2, -0.15) is 0 Å². The lowest BCUT2D eigenvalue weighted by atomic mass is 10.0. The lowest BCUT2D eigenvalue weighted by Gasteiger charge is -2.34. The molecule has 23 heavy (non-hydrogen) atoms. The maximum Gasteiger partial charge on any atom is 0.168 e. The van der Waals surface area contributed by atoms with E-state index >= 15 is 0 Å². The van der Waals surface area contributed by atoms with Gasteiger partial charge in [0.25, 0.3) is 0 Å². The molecule has 2 heterocycles. The van der Waals surface area contributed by atoms with Crippen molar-refractivity contribution in [2.75, 3.05) is 19.0 Å². The predicted molar refractivity (Wildman–Crippen MR) is 83.9 cm³/mol. The number of anilines is 1. The number of ether oxygens (including phenoxy) is 1. The molecule has 0 aromatic carbocycles. The van der Waals surface area contributed by atoms with Gasteiger partial charge in [-0.1, -0.05) is 0 Å².